The van der Waals surface area contributed by atoms with Crippen LogP contribution in [0.2, 0.25) is 0 Å². The van der Waals surface area contributed by atoms with E-state index < -0.39 is 0 Å². The fraction of sp³-hybridized carbons (Fsp3) is 0. The molecule has 67 valence electrons. The quantitative estimate of drug-likeness (QED) is 0.651. The molecular weight excluding hydrogens is 172 g/mol. The van der Waals surface area contributed by atoms with E-state index in [-0.39, 0.29) is 5.78 Å². The third-order valence-electron chi connectivity index (χ3n) is 1.99. The molecule has 0 amide bonds. The van der Waals surface area contributed by atoms with Crippen LogP contribution in [0.5, 0.6) is 0 Å². The molecular formula is C13H9O. The Kier molecular flexibility index (Phi) is 2.41. The van der Waals surface area contributed by atoms with Gasteiger partial charge in [-0.3, -0.25) is 4.79 Å². The molecule has 0 bridgehead atoms. The van der Waals surface area contributed by atoms with Gasteiger partial charge in [0.15, 0.2) is 5.78 Å². The average Bonchev–Trinajstić information content (AvgIpc) is 2.30. The summed E-state index contributed by atoms with van der Waals surface area (Å²) in [5, 5.41) is 0. The third-order valence-corrected chi connectivity index (χ3v) is 1.99. The summed E-state index contributed by atoms with van der Waals surface area (Å²) in [4.78, 5) is 11.8. The van der Waals surface area contributed by atoms with Gasteiger partial charge in [-0.25, -0.2) is 0 Å². The molecule has 0 N–H and O–H groups in total. The van der Waals surface area contributed by atoms with Gasteiger partial charge in [0, 0.05) is 11.1 Å². The van der Waals surface area contributed by atoms with Gasteiger partial charge in [-0.05, 0) is 6.07 Å². The summed E-state index contributed by atoms with van der Waals surface area (Å²) in [5.74, 6) is 0.0196. The Morgan fingerprint density at radius 3 is 2.29 bits per heavy atom. The van der Waals surface area contributed by atoms with E-state index in [1.807, 2.05) is 42.5 Å². The van der Waals surface area contributed by atoms with Crippen LogP contribution in [0.4, 0.5) is 0 Å². The van der Waals surface area contributed by atoms with Crippen LogP contribution in [-0.4, -0.2) is 5.78 Å². The summed E-state index contributed by atoms with van der Waals surface area (Å²) in [7, 11) is 0. The van der Waals surface area contributed by atoms with Gasteiger partial charge in [-0.2, -0.15) is 0 Å². The van der Waals surface area contributed by atoms with Crippen LogP contribution in [0.15, 0.2) is 54.6 Å². The highest BCUT2D eigenvalue weighted by atomic mass is 16.1. The Bertz CT molecular complexity index is 376. The van der Waals surface area contributed by atoms with E-state index in [9.17, 15) is 4.79 Å². The topological polar surface area (TPSA) is 17.1 Å². The van der Waals surface area contributed by atoms with E-state index >= 15 is 0 Å². The smallest absolute Gasteiger partial charge is 0.193 e. The summed E-state index contributed by atoms with van der Waals surface area (Å²) in [5.41, 5.74) is 1.31. The third kappa shape index (κ3) is 1.72. The molecule has 0 saturated heterocycles. The zero-order valence-electron chi connectivity index (χ0n) is 7.60. The molecule has 0 unspecified atom stereocenters. The Balaban J connectivity index is 2.35. The standard InChI is InChI=1S/C13H9O/c14-13(11-7-3-1-4-8-11)12-9-5-2-6-10-12/h1-9H. The van der Waals surface area contributed by atoms with E-state index in [0.717, 1.165) is 0 Å². The van der Waals surface area contributed by atoms with Gasteiger partial charge in [0.2, 0.25) is 0 Å². The molecule has 0 spiro atoms. The number of hydrogen-bond acceptors (Lipinski definition) is 1. The summed E-state index contributed by atoms with van der Waals surface area (Å²) < 4.78 is 0. The van der Waals surface area contributed by atoms with Crippen LogP contribution in [0.1, 0.15) is 15.9 Å². The first-order valence-corrected chi connectivity index (χ1v) is 4.44. The zero-order chi connectivity index (χ0) is 9.80. The summed E-state index contributed by atoms with van der Waals surface area (Å²) in [6.07, 6.45) is 0. The largest absolute Gasteiger partial charge is 0.289 e. The van der Waals surface area contributed by atoms with Crippen molar-refractivity contribution in [1.82, 2.24) is 0 Å². The van der Waals surface area contributed by atoms with Gasteiger partial charge < -0.3 is 0 Å². The summed E-state index contributed by atoms with van der Waals surface area (Å²) in [6, 6.07) is 19.4. The van der Waals surface area contributed by atoms with Gasteiger partial charge in [-0.1, -0.05) is 54.6 Å². The molecule has 14 heavy (non-hydrogen) atoms. The fourth-order valence-corrected chi connectivity index (χ4v) is 1.28. The van der Waals surface area contributed by atoms with Gasteiger partial charge in [-0.15, -0.1) is 0 Å². The van der Waals surface area contributed by atoms with E-state index in [1.165, 1.54) is 0 Å². The van der Waals surface area contributed by atoms with Crippen LogP contribution >= 0.6 is 0 Å². The second kappa shape index (κ2) is 3.88. The molecule has 0 heterocycles. The molecule has 0 saturated carbocycles. The molecule has 1 radical (unpaired) electrons. The van der Waals surface area contributed by atoms with E-state index in [1.54, 1.807) is 12.1 Å². The lowest BCUT2D eigenvalue weighted by molar-refractivity contribution is 0.103. The molecule has 0 atom stereocenters. The Morgan fingerprint density at radius 2 is 1.64 bits per heavy atom. The first-order chi connectivity index (χ1) is 6.88. The molecule has 1 heteroatoms. The van der Waals surface area contributed by atoms with E-state index in [2.05, 4.69) is 6.07 Å². The number of benzene rings is 2. The van der Waals surface area contributed by atoms with Crippen molar-refractivity contribution in [1.29, 1.82) is 0 Å². The molecule has 2 aromatic carbocycles. The predicted octanol–water partition coefficient (Wildman–Crippen LogP) is 2.72. The number of ketones is 1. The first-order valence-electron chi connectivity index (χ1n) is 4.44. The predicted molar refractivity (Wildman–Crippen MR) is 55.2 cm³/mol. The second-order valence-electron chi connectivity index (χ2n) is 2.97. The molecule has 0 aliphatic heterocycles. The molecule has 0 aliphatic rings. The monoisotopic (exact) mass is 181 g/mol. The minimum absolute atomic E-state index is 0.0196. The summed E-state index contributed by atoms with van der Waals surface area (Å²) in [6.45, 7) is 0. The lowest BCUT2D eigenvalue weighted by atomic mass is 10.0. The fourth-order valence-electron chi connectivity index (χ4n) is 1.28. The van der Waals surface area contributed by atoms with Crippen molar-refractivity contribution in [3.8, 4) is 0 Å². The van der Waals surface area contributed by atoms with Crippen molar-refractivity contribution in [2.75, 3.05) is 0 Å². The molecule has 2 rings (SSSR count). The van der Waals surface area contributed by atoms with Crippen LogP contribution in [0.25, 0.3) is 0 Å². The van der Waals surface area contributed by atoms with Crippen LogP contribution in [0.3, 0.4) is 0 Å². The Labute approximate surface area is 83.0 Å². The van der Waals surface area contributed by atoms with E-state index in [0.29, 0.717) is 11.1 Å². The maximum atomic E-state index is 11.8. The van der Waals surface area contributed by atoms with Crippen molar-refractivity contribution >= 4 is 5.78 Å². The minimum Gasteiger partial charge on any atom is -0.289 e. The Morgan fingerprint density at radius 1 is 0.929 bits per heavy atom. The number of rotatable bonds is 2. The number of carbonyl (C=O) groups excluding carboxylic acids is 1. The normalized spacial score (nSPS) is 9.71. The van der Waals surface area contributed by atoms with Crippen LogP contribution < -0.4 is 0 Å². The maximum absolute atomic E-state index is 11.8. The molecule has 0 fully saturated rings. The van der Waals surface area contributed by atoms with Crippen LogP contribution in [0, 0.1) is 6.07 Å². The second-order valence-corrected chi connectivity index (χ2v) is 2.97. The lowest BCUT2D eigenvalue weighted by Crippen LogP contribution is -2.00. The average molecular weight is 181 g/mol. The van der Waals surface area contributed by atoms with Crippen molar-refractivity contribution in [2.24, 2.45) is 0 Å². The van der Waals surface area contributed by atoms with Crippen LogP contribution in [-0.2, 0) is 0 Å². The maximum Gasteiger partial charge on any atom is 0.193 e. The highest BCUT2D eigenvalue weighted by Gasteiger charge is 2.06. The Hall–Kier alpha value is -1.89. The van der Waals surface area contributed by atoms with Crippen molar-refractivity contribution < 1.29 is 4.79 Å². The van der Waals surface area contributed by atoms with Gasteiger partial charge >= 0.3 is 0 Å². The molecule has 0 aliphatic carbocycles. The lowest BCUT2D eigenvalue weighted by Gasteiger charge is -1.98. The zero-order valence-corrected chi connectivity index (χ0v) is 7.60. The highest BCUT2D eigenvalue weighted by Crippen LogP contribution is 2.07. The van der Waals surface area contributed by atoms with E-state index in [4.69, 9.17) is 0 Å². The van der Waals surface area contributed by atoms with Gasteiger partial charge in [0.05, 0.1) is 0 Å². The molecule has 2 aromatic rings. The van der Waals surface area contributed by atoms with Crippen molar-refractivity contribution in [3.05, 3.63) is 71.8 Å². The number of carbonyl (C=O) groups is 1. The molecule has 1 nitrogen and oxygen atoms in total. The van der Waals surface area contributed by atoms with Crippen molar-refractivity contribution in [2.45, 2.75) is 0 Å². The SMILES string of the molecule is O=C(c1[c]cccc1)c1ccccc1. The highest BCUT2D eigenvalue weighted by molar-refractivity contribution is 6.08. The van der Waals surface area contributed by atoms with Crippen molar-refractivity contribution in [3.63, 3.8) is 0 Å². The summed E-state index contributed by atoms with van der Waals surface area (Å²) >= 11 is 0. The minimum atomic E-state index is 0.0196. The number of hydrogen-bond donors (Lipinski definition) is 0. The van der Waals surface area contributed by atoms with Gasteiger partial charge in [0.1, 0.15) is 0 Å². The first kappa shape index (κ1) is 8.70. The van der Waals surface area contributed by atoms with Gasteiger partial charge in [0.25, 0.3) is 0 Å². The molecule has 0 aromatic heterocycles.